The second-order valence-corrected chi connectivity index (χ2v) is 4.79. The molecular formula is C11H22N2. The van der Waals surface area contributed by atoms with E-state index in [9.17, 15) is 0 Å². The van der Waals surface area contributed by atoms with Gasteiger partial charge in [0, 0.05) is 6.04 Å². The molecule has 1 saturated heterocycles. The van der Waals surface area contributed by atoms with Crippen LogP contribution in [0.1, 0.15) is 32.6 Å². The van der Waals surface area contributed by atoms with Gasteiger partial charge in [-0.15, -0.1) is 0 Å². The normalized spacial score (nSPS) is 35.8. The highest BCUT2D eigenvalue weighted by Gasteiger charge is 2.24. The van der Waals surface area contributed by atoms with Crippen LogP contribution in [0.2, 0.25) is 0 Å². The second-order valence-electron chi connectivity index (χ2n) is 4.79. The maximum absolute atomic E-state index is 3.71. The number of hydrogen-bond acceptors (Lipinski definition) is 2. The molecule has 1 aliphatic carbocycles. The Morgan fingerprint density at radius 2 is 2.00 bits per heavy atom. The van der Waals surface area contributed by atoms with Gasteiger partial charge in [-0.1, -0.05) is 19.8 Å². The summed E-state index contributed by atoms with van der Waals surface area (Å²) < 4.78 is 0. The fourth-order valence-electron chi connectivity index (χ4n) is 2.59. The molecule has 0 aromatic heterocycles. The van der Waals surface area contributed by atoms with Crippen LogP contribution >= 0.6 is 0 Å². The molecule has 76 valence electrons. The van der Waals surface area contributed by atoms with E-state index in [1.54, 1.807) is 0 Å². The molecule has 2 rings (SSSR count). The van der Waals surface area contributed by atoms with E-state index in [0.29, 0.717) is 0 Å². The third-order valence-corrected chi connectivity index (χ3v) is 3.70. The third-order valence-electron chi connectivity index (χ3n) is 3.70. The molecule has 0 amide bonds. The SMILES string of the molecule is C[C@@H]1CNC[C@H]1CNC1CCCC1. The van der Waals surface area contributed by atoms with Crippen LogP contribution in [0, 0.1) is 11.8 Å². The van der Waals surface area contributed by atoms with Gasteiger partial charge >= 0.3 is 0 Å². The topological polar surface area (TPSA) is 24.1 Å². The predicted molar refractivity (Wildman–Crippen MR) is 55.8 cm³/mol. The summed E-state index contributed by atoms with van der Waals surface area (Å²) in [6.45, 7) is 6.04. The van der Waals surface area contributed by atoms with Crippen molar-refractivity contribution in [2.24, 2.45) is 11.8 Å². The molecular weight excluding hydrogens is 160 g/mol. The predicted octanol–water partition coefficient (Wildman–Crippen LogP) is 1.37. The van der Waals surface area contributed by atoms with Crippen molar-refractivity contribution >= 4 is 0 Å². The van der Waals surface area contributed by atoms with E-state index >= 15 is 0 Å². The standard InChI is InChI=1S/C11H22N2/c1-9-6-12-7-10(9)8-13-11-4-2-3-5-11/h9-13H,2-8H2,1H3/t9-,10+/m1/s1. The summed E-state index contributed by atoms with van der Waals surface area (Å²) in [4.78, 5) is 0. The lowest BCUT2D eigenvalue weighted by molar-refractivity contribution is 0.389. The van der Waals surface area contributed by atoms with Crippen LogP contribution in [0.25, 0.3) is 0 Å². The summed E-state index contributed by atoms with van der Waals surface area (Å²) in [7, 11) is 0. The van der Waals surface area contributed by atoms with E-state index in [-0.39, 0.29) is 0 Å². The summed E-state index contributed by atoms with van der Waals surface area (Å²) >= 11 is 0. The Morgan fingerprint density at radius 1 is 1.23 bits per heavy atom. The van der Waals surface area contributed by atoms with E-state index in [0.717, 1.165) is 17.9 Å². The van der Waals surface area contributed by atoms with Gasteiger partial charge in [0.2, 0.25) is 0 Å². The Labute approximate surface area is 81.5 Å². The lowest BCUT2D eigenvalue weighted by Gasteiger charge is -2.18. The lowest BCUT2D eigenvalue weighted by Crippen LogP contribution is -2.33. The fourth-order valence-corrected chi connectivity index (χ4v) is 2.59. The zero-order chi connectivity index (χ0) is 9.10. The van der Waals surface area contributed by atoms with Gasteiger partial charge < -0.3 is 10.6 Å². The zero-order valence-electron chi connectivity index (χ0n) is 8.68. The van der Waals surface area contributed by atoms with Gasteiger partial charge in [-0.05, 0) is 44.3 Å². The molecule has 2 fully saturated rings. The molecule has 1 saturated carbocycles. The van der Waals surface area contributed by atoms with Gasteiger partial charge in [0.15, 0.2) is 0 Å². The molecule has 0 radical (unpaired) electrons. The van der Waals surface area contributed by atoms with Gasteiger partial charge in [-0.3, -0.25) is 0 Å². The molecule has 0 spiro atoms. The third kappa shape index (κ3) is 2.44. The summed E-state index contributed by atoms with van der Waals surface area (Å²) in [5.41, 5.74) is 0. The Kier molecular flexibility index (Phi) is 3.23. The highest BCUT2D eigenvalue weighted by Crippen LogP contribution is 2.19. The Hall–Kier alpha value is -0.0800. The van der Waals surface area contributed by atoms with Crippen LogP contribution in [-0.4, -0.2) is 25.7 Å². The molecule has 0 bridgehead atoms. The highest BCUT2D eigenvalue weighted by atomic mass is 15.0. The van der Waals surface area contributed by atoms with Crippen molar-refractivity contribution in [1.29, 1.82) is 0 Å². The van der Waals surface area contributed by atoms with Crippen molar-refractivity contribution in [1.82, 2.24) is 10.6 Å². The summed E-state index contributed by atoms with van der Waals surface area (Å²) in [6.07, 6.45) is 5.70. The zero-order valence-corrected chi connectivity index (χ0v) is 8.68. The first-order chi connectivity index (χ1) is 6.36. The quantitative estimate of drug-likeness (QED) is 0.689. The Morgan fingerprint density at radius 3 is 2.62 bits per heavy atom. The van der Waals surface area contributed by atoms with Gasteiger partial charge in [0.25, 0.3) is 0 Å². The molecule has 2 atom stereocenters. The van der Waals surface area contributed by atoms with Crippen LogP contribution in [-0.2, 0) is 0 Å². The van der Waals surface area contributed by atoms with Gasteiger partial charge in [0.05, 0.1) is 0 Å². The van der Waals surface area contributed by atoms with E-state index < -0.39 is 0 Å². The molecule has 2 nitrogen and oxygen atoms in total. The minimum Gasteiger partial charge on any atom is -0.316 e. The van der Waals surface area contributed by atoms with E-state index in [2.05, 4.69) is 17.6 Å². The molecule has 0 unspecified atom stereocenters. The maximum Gasteiger partial charge on any atom is 0.00671 e. The minimum absolute atomic E-state index is 0.841. The molecule has 2 heteroatoms. The van der Waals surface area contributed by atoms with Gasteiger partial charge in [-0.25, -0.2) is 0 Å². The van der Waals surface area contributed by atoms with Crippen LogP contribution in [0.15, 0.2) is 0 Å². The van der Waals surface area contributed by atoms with Crippen LogP contribution in [0.3, 0.4) is 0 Å². The van der Waals surface area contributed by atoms with Crippen LogP contribution in [0.5, 0.6) is 0 Å². The molecule has 13 heavy (non-hydrogen) atoms. The molecule has 1 aliphatic heterocycles. The second kappa shape index (κ2) is 4.43. The van der Waals surface area contributed by atoms with Crippen molar-refractivity contribution in [3.8, 4) is 0 Å². The Bertz CT molecular complexity index is 152. The number of rotatable bonds is 3. The van der Waals surface area contributed by atoms with Crippen molar-refractivity contribution in [3.63, 3.8) is 0 Å². The van der Waals surface area contributed by atoms with Crippen molar-refractivity contribution in [3.05, 3.63) is 0 Å². The first-order valence-electron chi connectivity index (χ1n) is 5.80. The summed E-state index contributed by atoms with van der Waals surface area (Å²) in [5.74, 6) is 1.74. The van der Waals surface area contributed by atoms with E-state index in [1.165, 1.54) is 45.3 Å². The molecule has 0 aromatic carbocycles. The molecule has 1 heterocycles. The summed E-state index contributed by atoms with van der Waals surface area (Å²) in [6, 6.07) is 0.841. The summed E-state index contributed by atoms with van der Waals surface area (Å²) in [5, 5.41) is 7.17. The largest absolute Gasteiger partial charge is 0.316 e. The van der Waals surface area contributed by atoms with E-state index in [1.807, 2.05) is 0 Å². The smallest absolute Gasteiger partial charge is 0.00671 e. The molecule has 0 aromatic rings. The van der Waals surface area contributed by atoms with Gasteiger partial charge in [0.1, 0.15) is 0 Å². The maximum atomic E-state index is 3.71. The lowest BCUT2D eigenvalue weighted by atomic mass is 9.98. The van der Waals surface area contributed by atoms with Crippen molar-refractivity contribution in [2.45, 2.75) is 38.6 Å². The van der Waals surface area contributed by atoms with Gasteiger partial charge in [-0.2, -0.15) is 0 Å². The fraction of sp³-hybridized carbons (Fsp3) is 1.00. The number of nitrogens with one attached hydrogen (secondary N) is 2. The number of hydrogen-bond donors (Lipinski definition) is 2. The first-order valence-corrected chi connectivity index (χ1v) is 5.80. The first kappa shape index (κ1) is 9.47. The van der Waals surface area contributed by atoms with Crippen LogP contribution in [0.4, 0.5) is 0 Å². The molecule has 2 aliphatic rings. The monoisotopic (exact) mass is 182 g/mol. The minimum atomic E-state index is 0.841. The van der Waals surface area contributed by atoms with Crippen molar-refractivity contribution in [2.75, 3.05) is 19.6 Å². The highest BCUT2D eigenvalue weighted by molar-refractivity contribution is 4.82. The average Bonchev–Trinajstić information content (AvgIpc) is 2.72. The molecule has 2 N–H and O–H groups in total. The average molecular weight is 182 g/mol. The van der Waals surface area contributed by atoms with Crippen LogP contribution < -0.4 is 10.6 Å². The van der Waals surface area contributed by atoms with Crippen molar-refractivity contribution < 1.29 is 0 Å². The van der Waals surface area contributed by atoms with E-state index in [4.69, 9.17) is 0 Å². The Balaban J connectivity index is 1.66.